The van der Waals surface area contributed by atoms with E-state index in [2.05, 4.69) is 27.0 Å². The second kappa shape index (κ2) is 11.1. The van der Waals surface area contributed by atoms with Gasteiger partial charge >= 0.3 is 0 Å². The molecule has 188 valence electrons. The molecule has 0 bridgehead atoms. The fourth-order valence-electron chi connectivity index (χ4n) is 4.34. The minimum Gasteiger partial charge on any atom is -0.382 e. The van der Waals surface area contributed by atoms with Gasteiger partial charge in [0.25, 0.3) is 0 Å². The number of aromatic nitrogens is 3. The molecular weight excluding hydrogens is 486 g/mol. The lowest BCUT2D eigenvalue weighted by Crippen LogP contribution is -2.24. The maximum Gasteiger partial charge on any atom is 0.0973 e. The number of para-hydroxylation sites is 2. The normalized spacial score (nSPS) is 12.1. The van der Waals surface area contributed by atoms with E-state index in [1.54, 1.807) is 14.2 Å². The van der Waals surface area contributed by atoms with Gasteiger partial charge in [0.05, 0.1) is 64.6 Å². The van der Waals surface area contributed by atoms with E-state index in [-0.39, 0.29) is 6.04 Å². The molecule has 5 rings (SSSR count). The van der Waals surface area contributed by atoms with E-state index in [0.29, 0.717) is 18.2 Å². The van der Waals surface area contributed by atoms with Gasteiger partial charge in [-0.2, -0.15) is 0 Å². The first-order valence-corrected chi connectivity index (χ1v) is 12.4. The van der Waals surface area contributed by atoms with Crippen LogP contribution in [0.1, 0.15) is 5.69 Å². The quantitative estimate of drug-likeness (QED) is 0.266. The minimum atomic E-state index is -0.183. The third-order valence-electron chi connectivity index (χ3n) is 5.99. The van der Waals surface area contributed by atoms with Crippen LogP contribution in [-0.4, -0.2) is 48.0 Å². The molecule has 1 aliphatic carbocycles. The van der Waals surface area contributed by atoms with E-state index in [1.807, 2.05) is 73.8 Å². The Balaban J connectivity index is 1.80. The summed E-state index contributed by atoms with van der Waals surface area (Å²) in [6.45, 7) is 2.83. The van der Waals surface area contributed by atoms with Gasteiger partial charge in [0.2, 0.25) is 0 Å². The van der Waals surface area contributed by atoms with E-state index in [0.717, 1.165) is 50.5 Å². The summed E-state index contributed by atoms with van der Waals surface area (Å²) in [7, 11) is 3.33. The predicted octanol–water partition coefficient (Wildman–Crippen LogP) is 5.79. The van der Waals surface area contributed by atoms with Crippen molar-refractivity contribution in [1.82, 2.24) is 14.5 Å². The zero-order chi connectivity index (χ0) is 25.8. The molecule has 8 heteroatoms. The van der Waals surface area contributed by atoms with Crippen molar-refractivity contribution in [2.24, 2.45) is 4.99 Å². The second-order valence-corrected chi connectivity index (χ2v) is 9.22. The molecule has 3 aromatic rings. The van der Waals surface area contributed by atoms with Crippen molar-refractivity contribution in [1.29, 1.82) is 0 Å². The molecule has 2 heterocycles. The highest BCUT2D eigenvalue weighted by molar-refractivity contribution is 6.30. The van der Waals surface area contributed by atoms with Crippen molar-refractivity contribution in [3.8, 4) is 17.1 Å². The van der Waals surface area contributed by atoms with Crippen molar-refractivity contribution in [2.75, 3.05) is 32.8 Å². The van der Waals surface area contributed by atoms with Crippen molar-refractivity contribution in [3.05, 3.63) is 95.1 Å². The number of anilines is 2. The third kappa shape index (κ3) is 5.49. The van der Waals surface area contributed by atoms with Crippen LogP contribution in [0.2, 0.25) is 5.02 Å². The molecule has 2 aliphatic rings. The molecule has 1 N–H and O–H groups in total. The Labute approximate surface area is 220 Å². The highest BCUT2D eigenvalue weighted by atomic mass is 35.5. The number of fused-ring (bicyclic) bond motifs is 2. The molecule has 0 saturated heterocycles. The summed E-state index contributed by atoms with van der Waals surface area (Å²) in [4.78, 5) is 14.5. The second-order valence-electron chi connectivity index (χ2n) is 8.78. The van der Waals surface area contributed by atoms with Gasteiger partial charge in [-0.1, -0.05) is 29.8 Å². The molecule has 2 aromatic carbocycles. The van der Waals surface area contributed by atoms with Crippen LogP contribution in [0.25, 0.3) is 28.1 Å². The predicted molar refractivity (Wildman–Crippen MR) is 148 cm³/mol. The lowest BCUT2D eigenvalue weighted by atomic mass is 10.1. The Morgan fingerprint density at radius 1 is 0.973 bits per heavy atom. The molecule has 37 heavy (non-hydrogen) atoms. The van der Waals surface area contributed by atoms with Gasteiger partial charge in [-0.25, -0.2) is 4.98 Å². The largest absolute Gasteiger partial charge is 0.382 e. The molecule has 0 radical (unpaired) electrons. The van der Waals surface area contributed by atoms with Gasteiger partial charge in [-0.05, 0) is 61.5 Å². The molecule has 0 unspecified atom stereocenters. The number of methoxy groups -OCH3 is 2. The van der Waals surface area contributed by atoms with E-state index in [9.17, 15) is 0 Å². The molecular formula is C29H28ClN5O2. The summed E-state index contributed by atoms with van der Waals surface area (Å²) in [6, 6.07) is 23.7. The van der Waals surface area contributed by atoms with Gasteiger partial charge in [0.15, 0.2) is 0 Å². The number of hydrogen-bond acceptors (Lipinski definition) is 6. The highest BCUT2D eigenvalue weighted by Crippen LogP contribution is 2.31. The number of pyridine rings is 1. The van der Waals surface area contributed by atoms with Crippen LogP contribution in [0.4, 0.5) is 11.4 Å². The van der Waals surface area contributed by atoms with E-state index < -0.39 is 0 Å². The zero-order valence-corrected chi connectivity index (χ0v) is 21.7. The Morgan fingerprint density at radius 3 is 2.51 bits per heavy atom. The maximum atomic E-state index is 6.40. The van der Waals surface area contributed by atoms with Crippen molar-refractivity contribution in [2.45, 2.75) is 13.0 Å². The van der Waals surface area contributed by atoms with E-state index >= 15 is 0 Å². The summed E-state index contributed by atoms with van der Waals surface area (Å²) in [5.41, 5.74) is 7.13. The molecule has 0 saturated carbocycles. The SMILES string of the molecule is COCC(COC)/N=c1\cc2n(-c3cccc(Cl)c3)c3ccccc3nc-2cc1Nc1ccc(C)nc1. The summed E-state index contributed by atoms with van der Waals surface area (Å²) >= 11 is 6.40. The summed E-state index contributed by atoms with van der Waals surface area (Å²) in [6.07, 6.45) is 1.81. The molecule has 0 atom stereocenters. The van der Waals surface area contributed by atoms with Crippen LogP contribution in [0.3, 0.4) is 0 Å². The average molecular weight is 514 g/mol. The molecule has 1 aromatic heterocycles. The Kier molecular flexibility index (Phi) is 7.46. The number of aryl methyl sites for hydroxylation is 1. The lowest BCUT2D eigenvalue weighted by molar-refractivity contribution is 0.118. The third-order valence-corrected chi connectivity index (χ3v) is 6.23. The molecule has 7 nitrogen and oxygen atoms in total. The summed E-state index contributed by atoms with van der Waals surface area (Å²) in [5, 5.41) is 4.91. The van der Waals surface area contributed by atoms with Crippen LogP contribution in [0.15, 0.2) is 84.0 Å². The van der Waals surface area contributed by atoms with E-state index in [1.165, 1.54) is 0 Å². The summed E-state index contributed by atoms with van der Waals surface area (Å²) < 4.78 is 13.0. The van der Waals surface area contributed by atoms with Gasteiger partial charge in [-0.15, -0.1) is 0 Å². The van der Waals surface area contributed by atoms with Crippen molar-refractivity contribution >= 4 is 34.0 Å². The van der Waals surface area contributed by atoms with Crippen LogP contribution >= 0.6 is 11.6 Å². The number of hydrogen-bond donors (Lipinski definition) is 1. The first-order chi connectivity index (χ1) is 18.1. The highest BCUT2D eigenvalue weighted by Gasteiger charge is 2.18. The first-order valence-electron chi connectivity index (χ1n) is 12.0. The van der Waals surface area contributed by atoms with Gasteiger partial charge in [0, 0.05) is 30.6 Å². The first kappa shape index (κ1) is 24.9. The number of nitrogens with zero attached hydrogens (tertiary/aromatic N) is 4. The van der Waals surface area contributed by atoms with Crippen LogP contribution in [0, 0.1) is 6.92 Å². The van der Waals surface area contributed by atoms with Crippen LogP contribution < -0.4 is 10.7 Å². The van der Waals surface area contributed by atoms with Crippen LogP contribution in [0.5, 0.6) is 0 Å². The number of ether oxygens (including phenoxy) is 2. The summed E-state index contributed by atoms with van der Waals surface area (Å²) in [5.74, 6) is 0. The fourth-order valence-corrected chi connectivity index (χ4v) is 4.53. The maximum absolute atomic E-state index is 6.40. The smallest absolute Gasteiger partial charge is 0.0973 e. The van der Waals surface area contributed by atoms with Gasteiger partial charge in [-0.3, -0.25) is 9.98 Å². The standard InChI is InChI=1S/C29H28ClN5O2/c1-19-11-12-21(16-31-19)32-25-14-27-29(15-26(25)33-22(17-36-2)18-37-3)35(23-8-6-7-20(30)13-23)28-10-5-4-9-24(28)34-27/h4-16,22,32H,17-18H2,1-3H3/b33-26+. The Hall–Kier alpha value is -3.78. The number of rotatable bonds is 8. The lowest BCUT2D eigenvalue weighted by Gasteiger charge is -2.21. The fraction of sp³-hybridized carbons (Fsp3) is 0.207. The average Bonchev–Trinajstić information content (AvgIpc) is 2.89. The number of nitrogens with one attached hydrogen (secondary N) is 1. The molecule has 0 spiro atoms. The number of benzene rings is 3. The van der Waals surface area contributed by atoms with Gasteiger partial charge in [0.1, 0.15) is 0 Å². The Morgan fingerprint density at radius 2 is 1.78 bits per heavy atom. The van der Waals surface area contributed by atoms with E-state index in [4.69, 9.17) is 31.1 Å². The number of halogens is 1. The zero-order valence-electron chi connectivity index (χ0n) is 21.0. The van der Waals surface area contributed by atoms with Crippen molar-refractivity contribution in [3.63, 3.8) is 0 Å². The van der Waals surface area contributed by atoms with Crippen molar-refractivity contribution < 1.29 is 9.47 Å². The van der Waals surface area contributed by atoms with Crippen LogP contribution in [-0.2, 0) is 9.47 Å². The van der Waals surface area contributed by atoms with Gasteiger partial charge < -0.3 is 19.4 Å². The topological polar surface area (TPSA) is 73.6 Å². The monoisotopic (exact) mass is 513 g/mol. The molecule has 0 amide bonds. The Bertz CT molecular complexity index is 1560. The minimum absolute atomic E-state index is 0.183. The molecule has 0 fully saturated rings. The molecule has 1 aliphatic heterocycles.